The quantitative estimate of drug-likeness (QED) is 0.764. The van der Waals surface area contributed by atoms with Gasteiger partial charge in [0.25, 0.3) is 0 Å². The first-order chi connectivity index (χ1) is 12.0. The maximum absolute atomic E-state index is 13.5. The minimum absolute atomic E-state index is 0.0350. The van der Waals surface area contributed by atoms with Crippen LogP contribution in [0.25, 0.3) is 0 Å². The zero-order valence-corrected chi connectivity index (χ0v) is 15.8. The van der Waals surface area contributed by atoms with E-state index in [4.69, 9.17) is 11.6 Å². The lowest BCUT2D eigenvalue weighted by atomic mass is 9.84. The second-order valence-corrected chi connectivity index (χ2v) is 10.1. The first kappa shape index (κ1) is 17.3. The van der Waals surface area contributed by atoms with Crippen LogP contribution in [0.2, 0.25) is 5.02 Å². The van der Waals surface area contributed by atoms with Gasteiger partial charge in [-0.25, -0.2) is 8.42 Å². The Hall–Kier alpha value is -1.09. The fraction of sp³-hybridized carbons (Fsp3) is 0.632. The lowest BCUT2D eigenvalue weighted by Gasteiger charge is -2.44. The molecule has 0 N–H and O–H groups in total. The highest BCUT2D eigenvalue weighted by molar-refractivity contribution is 7.89. The van der Waals surface area contributed by atoms with Crippen molar-refractivity contribution in [1.82, 2.24) is 4.31 Å². The summed E-state index contributed by atoms with van der Waals surface area (Å²) in [4.78, 5) is 0.321. The van der Waals surface area contributed by atoms with Gasteiger partial charge in [0.2, 0.25) is 10.0 Å². The highest BCUT2D eigenvalue weighted by Crippen LogP contribution is 2.58. The molecule has 1 saturated heterocycles. The van der Waals surface area contributed by atoms with Crippen LogP contribution in [0.15, 0.2) is 29.2 Å². The fourth-order valence-corrected chi connectivity index (χ4v) is 6.67. The van der Waals surface area contributed by atoms with Crippen LogP contribution in [-0.4, -0.2) is 24.8 Å². The summed E-state index contributed by atoms with van der Waals surface area (Å²) in [5.74, 6) is 0.489. The molecule has 0 spiro atoms. The Morgan fingerprint density at radius 2 is 1.84 bits per heavy atom. The van der Waals surface area contributed by atoms with Crippen LogP contribution < -0.4 is 0 Å². The molecule has 1 heterocycles. The van der Waals surface area contributed by atoms with Crippen LogP contribution in [0.1, 0.15) is 51.4 Å². The van der Waals surface area contributed by atoms with Gasteiger partial charge in [-0.15, -0.1) is 0 Å². The molecule has 0 radical (unpaired) electrons. The van der Waals surface area contributed by atoms with Crippen molar-refractivity contribution in [2.45, 2.75) is 68.3 Å². The van der Waals surface area contributed by atoms with E-state index in [1.54, 1.807) is 24.3 Å². The van der Waals surface area contributed by atoms with Crippen LogP contribution in [0.4, 0.5) is 0 Å². The minimum atomic E-state index is -3.58. The van der Waals surface area contributed by atoms with E-state index in [1.165, 1.54) is 0 Å². The van der Waals surface area contributed by atoms with Gasteiger partial charge in [0.1, 0.15) is 0 Å². The third-order valence-electron chi connectivity index (χ3n) is 6.20. The largest absolute Gasteiger partial charge is 0.243 e. The molecule has 6 heteroatoms. The lowest BCUT2D eigenvalue weighted by Crippen LogP contribution is -2.54. The molecule has 0 unspecified atom stereocenters. The lowest BCUT2D eigenvalue weighted by molar-refractivity contribution is 0.107. The molecule has 4 nitrogen and oxygen atoms in total. The molecule has 1 aliphatic heterocycles. The van der Waals surface area contributed by atoms with Gasteiger partial charge < -0.3 is 0 Å². The summed E-state index contributed by atoms with van der Waals surface area (Å²) >= 11 is 5.94. The predicted octanol–water partition coefficient (Wildman–Crippen LogP) is 4.36. The van der Waals surface area contributed by atoms with Gasteiger partial charge in [-0.2, -0.15) is 9.57 Å². The zero-order valence-electron chi connectivity index (χ0n) is 14.2. The number of piperidine rings is 1. The van der Waals surface area contributed by atoms with Crippen molar-refractivity contribution in [3.05, 3.63) is 29.3 Å². The van der Waals surface area contributed by atoms with Gasteiger partial charge in [-0.05, 0) is 68.7 Å². The van der Waals surface area contributed by atoms with Gasteiger partial charge in [0.05, 0.1) is 11.0 Å². The van der Waals surface area contributed by atoms with Crippen molar-refractivity contribution in [2.24, 2.45) is 11.3 Å². The Labute approximate surface area is 154 Å². The van der Waals surface area contributed by atoms with E-state index >= 15 is 0 Å². The summed E-state index contributed by atoms with van der Waals surface area (Å²) < 4.78 is 28.9. The number of hydrogen-bond acceptors (Lipinski definition) is 3. The average Bonchev–Trinajstić information content (AvgIpc) is 3.50. The number of hydrogen-bond donors (Lipinski definition) is 0. The molecule has 1 aromatic rings. The summed E-state index contributed by atoms with van der Waals surface area (Å²) in [7, 11) is -3.58. The SMILES string of the molecule is N#CCC1([C@@H]2CCC[C@H](C3CC3)N2S(=O)(=O)c2ccc(Cl)cc2)CC1. The molecule has 3 aliphatic rings. The molecule has 1 aromatic carbocycles. The Balaban J connectivity index is 1.75. The molecule has 0 amide bonds. The fourth-order valence-electron chi connectivity index (χ4n) is 4.53. The minimum Gasteiger partial charge on any atom is -0.207 e. The van der Waals surface area contributed by atoms with Crippen molar-refractivity contribution in [3.8, 4) is 6.07 Å². The van der Waals surface area contributed by atoms with Crippen molar-refractivity contribution < 1.29 is 8.42 Å². The Morgan fingerprint density at radius 1 is 1.16 bits per heavy atom. The van der Waals surface area contributed by atoms with Gasteiger partial charge in [-0.3, -0.25) is 0 Å². The van der Waals surface area contributed by atoms with Gasteiger partial charge in [0, 0.05) is 28.9 Å². The molecule has 2 aliphatic carbocycles. The Bertz CT molecular complexity index is 792. The molecule has 3 fully saturated rings. The topological polar surface area (TPSA) is 61.2 Å². The Morgan fingerprint density at radius 3 is 2.40 bits per heavy atom. The smallest absolute Gasteiger partial charge is 0.207 e. The molecule has 2 atom stereocenters. The number of benzene rings is 1. The van der Waals surface area contributed by atoms with E-state index < -0.39 is 10.0 Å². The molecular weight excluding hydrogens is 356 g/mol. The zero-order chi connectivity index (χ0) is 17.7. The summed E-state index contributed by atoms with van der Waals surface area (Å²) in [6.45, 7) is 0. The van der Waals surface area contributed by atoms with Gasteiger partial charge >= 0.3 is 0 Å². The van der Waals surface area contributed by atoms with E-state index in [1.807, 2.05) is 4.31 Å². The van der Waals surface area contributed by atoms with Crippen molar-refractivity contribution in [2.75, 3.05) is 0 Å². The van der Waals surface area contributed by atoms with Gasteiger partial charge in [-0.1, -0.05) is 18.0 Å². The first-order valence-corrected chi connectivity index (χ1v) is 11.0. The highest BCUT2D eigenvalue weighted by atomic mass is 35.5. The maximum Gasteiger partial charge on any atom is 0.243 e. The van der Waals surface area contributed by atoms with E-state index in [-0.39, 0.29) is 17.5 Å². The number of halogens is 1. The van der Waals surface area contributed by atoms with E-state index in [0.717, 1.165) is 44.9 Å². The van der Waals surface area contributed by atoms with E-state index in [0.29, 0.717) is 22.3 Å². The second-order valence-electron chi connectivity index (χ2n) is 7.84. The highest BCUT2D eigenvalue weighted by Gasteiger charge is 2.57. The van der Waals surface area contributed by atoms with Crippen LogP contribution >= 0.6 is 11.6 Å². The van der Waals surface area contributed by atoms with Crippen LogP contribution in [0.5, 0.6) is 0 Å². The summed E-state index contributed by atoms with van der Waals surface area (Å²) in [6, 6.07) is 8.86. The van der Waals surface area contributed by atoms with Crippen molar-refractivity contribution >= 4 is 21.6 Å². The maximum atomic E-state index is 13.5. The molecule has 0 aromatic heterocycles. The van der Waals surface area contributed by atoms with E-state index in [9.17, 15) is 13.7 Å². The molecular formula is C19H23ClN2O2S. The van der Waals surface area contributed by atoms with Gasteiger partial charge in [0.15, 0.2) is 0 Å². The standard InChI is InChI=1S/C19H23ClN2O2S/c20-15-6-8-16(9-7-15)25(23,24)22-17(14-4-5-14)2-1-3-18(22)19(10-11-19)12-13-21/h6-9,14,17-18H,1-5,10-12H2/t17-,18+/m1/s1. The average molecular weight is 379 g/mol. The second kappa shape index (κ2) is 6.26. The number of rotatable bonds is 5. The molecule has 0 bridgehead atoms. The third kappa shape index (κ3) is 3.09. The summed E-state index contributed by atoms with van der Waals surface area (Å²) in [6.07, 6.45) is 7.51. The van der Waals surface area contributed by atoms with Crippen molar-refractivity contribution in [3.63, 3.8) is 0 Å². The molecule has 134 valence electrons. The first-order valence-electron chi connectivity index (χ1n) is 9.14. The van der Waals surface area contributed by atoms with Crippen molar-refractivity contribution in [1.29, 1.82) is 5.26 Å². The normalized spacial score (nSPS) is 29.1. The summed E-state index contributed by atoms with van der Waals surface area (Å²) in [5.41, 5.74) is -0.123. The predicted molar refractivity (Wildman–Crippen MR) is 96.5 cm³/mol. The monoisotopic (exact) mass is 378 g/mol. The molecule has 4 rings (SSSR count). The Kier molecular flexibility index (Phi) is 4.34. The number of sulfonamides is 1. The number of nitrogens with zero attached hydrogens (tertiary/aromatic N) is 2. The van der Waals surface area contributed by atoms with E-state index in [2.05, 4.69) is 6.07 Å². The van der Waals surface area contributed by atoms with Crippen LogP contribution in [0, 0.1) is 22.7 Å². The number of nitriles is 1. The molecule has 25 heavy (non-hydrogen) atoms. The molecule has 2 saturated carbocycles. The van der Waals surface area contributed by atoms with Crippen LogP contribution in [0.3, 0.4) is 0 Å². The summed E-state index contributed by atoms with van der Waals surface area (Å²) in [5, 5.41) is 9.80. The third-order valence-corrected chi connectivity index (χ3v) is 8.40. The van der Waals surface area contributed by atoms with Crippen LogP contribution in [-0.2, 0) is 10.0 Å².